The summed E-state index contributed by atoms with van der Waals surface area (Å²) < 4.78 is 0. The SMILES string of the molecule is CC(C)C[C@H](NC(=O)C1(Cc2ccccc2)CC(CNC(=O)c2cccc(N(C)C)c2)=NO1)B(O)O. The van der Waals surface area contributed by atoms with Crippen molar-refractivity contribution in [1.29, 1.82) is 0 Å². The highest BCUT2D eigenvalue weighted by atomic mass is 16.7. The van der Waals surface area contributed by atoms with Crippen molar-refractivity contribution >= 4 is 30.3 Å². The van der Waals surface area contributed by atoms with Crippen molar-refractivity contribution in [3.63, 3.8) is 0 Å². The molecule has 0 spiro atoms. The summed E-state index contributed by atoms with van der Waals surface area (Å²) >= 11 is 0. The molecule has 0 aromatic heterocycles. The van der Waals surface area contributed by atoms with Gasteiger partial charge in [0.1, 0.15) is 0 Å². The van der Waals surface area contributed by atoms with Crippen LogP contribution in [0.1, 0.15) is 42.6 Å². The Morgan fingerprint density at radius 3 is 2.50 bits per heavy atom. The van der Waals surface area contributed by atoms with Gasteiger partial charge in [-0.25, -0.2) is 0 Å². The molecule has 2 aromatic rings. The molecule has 0 bridgehead atoms. The number of hydrogen-bond donors (Lipinski definition) is 4. The molecular formula is C26H35BN4O5. The maximum atomic E-state index is 13.5. The number of carbonyl (C=O) groups is 2. The number of rotatable bonds is 11. The van der Waals surface area contributed by atoms with Crippen molar-refractivity contribution in [1.82, 2.24) is 10.6 Å². The zero-order valence-electron chi connectivity index (χ0n) is 21.3. The third-order valence-electron chi connectivity index (χ3n) is 6.06. The summed E-state index contributed by atoms with van der Waals surface area (Å²) in [6, 6.07) is 16.7. The van der Waals surface area contributed by atoms with Gasteiger partial charge in [-0.2, -0.15) is 0 Å². The molecule has 4 N–H and O–H groups in total. The van der Waals surface area contributed by atoms with Gasteiger partial charge >= 0.3 is 7.12 Å². The zero-order chi connectivity index (χ0) is 26.3. The molecule has 0 fully saturated rings. The van der Waals surface area contributed by atoms with Crippen LogP contribution in [-0.4, -0.2) is 66.9 Å². The van der Waals surface area contributed by atoms with Crippen LogP contribution < -0.4 is 15.5 Å². The lowest BCUT2D eigenvalue weighted by atomic mass is 9.74. The lowest BCUT2D eigenvalue weighted by molar-refractivity contribution is -0.144. The Kier molecular flexibility index (Phi) is 9.11. The van der Waals surface area contributed by atoms with Crippen LogP contribution >= 0.6 is 0 Å². The first-order valence-corrected chi connectivity index (χ1v) is 12.1. The Morgan fingerprint density at radius 2 is 1.86 bits per heavy atom. The zero-order valence-corrected chi connectivity index (χ0v) is 21.3. The largest absolute Gasteiger partial charge is 0.475 e. The highest BCUT2D eigenvalue weighted by Crippen LogP contribution is 2.29. The molecule has 0 saturated heterocycles. The van der Waals surface area contributed by atoms with Crippen LogP contribution in [0, 0.1) is 5.92 Å². The second-order valence-electron chi connectivity index (χ2n) is 9.83. The first-order valence-electron chi connectivity index (χ1n) is 12.1. The summed E-state index contributed by atoms with van der Waals surface area (Å²) in [6.07, 6.45) is 0.781. The molecule has 1 heterocycles. The van der Waals surface area contributed by atoms with Crippen molar-refractivity contribution < 1.29 is 24.5 Å². The molecule has 9 nitrogen and oxygen atoms in total. The van der Waals surface area contributed by atoms with Gasteiger partial charge in [-0.1, -0.05) is 55.4 Å². The highest BCUT2D eigenvalue weighted by Gasteiger charge is 2.48. The quantitative estimate of drug-likeness (QED) is 0.353. The summed E-state index contributed by atoms with van der Waals surface area (Å²) in [7, 11) is 2.10. The van der Waals surface area contributed by atoms with E-state index in [4.69, 9.17) is 4.84 Å². The number of nitrogens with zero attached hydrogens (tertiary/aromatic N) is 2. The molecule has 36 heavy (non-hydrogen) atoms. The molecule has 0 saturated carbocycles. The van der Waals surface area contributed by atoms with E-state index in [1.54, 1.807) is 12.1 Å². The van der Waals surface area contributed by atoms with Crippen LogP contribution in [0.5, 0.6) is 0 Å². The number of amides is 2. The van der Waals surface area contributed by atoms with Gasteiger partial charge in [0.25, 0.3) is 11.8 Å². The fourth-order valence-electron chi connectivity index (χ4n) is 4.14. The molecule has 2 aromatic carbocycles. The molecule has 1 unspecified atom stereocenters. The van der Waals surface area contributed by atoms with Gasteiger partial charge in [0.05, 0.1) is 18.2 Å². The third-order valence-corrected chi connectivity index (χ3v) is 6.06. The molecule has 2 amide bonds. The second-order valence-corrected chi connectivity index (χ2v) is 9.83. The van der Waals surface area contributed by atoms with Gasteiger partial charge < -0.3 is 30.4 Å². The Labute approximate surface area is 212 Å². The number of anilines is 1. The van der Waals surface area contributed by atoms with E-state index in [1.807, 2.05) is 75.3 Å². The van der Waals surface area contributed by atoms with Gasteiger partial charge in [0.2, 0.25) is 5.60 Å². The van der Waals surface area contributed by atoms with E-state index in [1.165, 1.54) is 0 Å². The monoisotopic (exact) mass is 494 g/mol. The van der Waals surface area contributed by atoms with E-state index in [0.29, 0.717) is 17.7 Å². The van der Waals surface area contributed by atoms with E-state index < -0.39 is 24.6 Å². The van der Waals surface area contributed by atoms with Gasteiger partial charge in [-0.15, -0.1) is 0 Å². The summed E-state index contributed by atoms with van der Waals surface area (Å²) in [5, 5.41) is 29.4. The Hall–Kier alpha value is -3.37. The van der Waals surface area contributed by atoms with Crippen LogP contribution in [0.15, 0.2) is 59.8 Å². The van der Waals surface area contributed by atoms with Gasteiger partial charge in [0.15, 0.2) is 0 Å². The number of nitrogens with one attached hydrogen (secondary N) is 2. The molecule has 192 valence electrons. The van der Waals surface area contributed by atoms with Crippen molar-refractivity contribution in [3.05, 3.63) is 65.7 Å². The van der Waals surface area contributed by atoms with E-state index in [2.05, 4.69) is 15.8 Å². The summed E-state index contributed by atoms with van der Waals surface area (Å²) in [6.45, 7) is 3.99. The summed E-state index contributed by atoms with van der Waals surface area (Å²) in [5.41, 5.74) is 1.45. The average molecular weight is 494 g/mol. The minimum Gasteiger partial charge on any atom is -0.426 e. The first-order chi connectivity index (χ1) is 17.1. The van der Waals surface area contributed by atoms with Crippen molar-refractivity contribution in [2.24, 2.45) is 11.1 Å². The van der Waals surface area contributed by atoms with Crippen molar-refractivity contribution in [2.75, 3.05) is 25.5 Å². The van der Waals surface area contributed by atoms with Gasteiger partial charge in [0, 0.05) is 38.2 Å². The summed E-state index contributed by atoms with van der Waals surface area (Å²) in [5.74, 6) is -1.44. The predicted octanol–water partition coefficient (Wildman–Crippen LogP) is 1.78. The lowest BCUT2D eigenvalue weighted by Crippen LogP contribution is -2.56. The fourth-order valence-corrected chi connectivity index (χ4v) is 4.14. The van der Waals surface area contributed by atoms with Crippen molar-refractivity contribution in [3.8, 4) is 0 Å². The maximum absolute atomic E-state index is 13.5. The van der Waals surface area contributed by atoms with Crippen LogP contribution in [0.4, 0.5) is 5.69 Å². The fraction of sp³-hybridized carbons (Fsp3) is 0.423. The molecule has 3 rings (SSSR count). The normalized spacial score (nSPS) is 17.7. The number of oxime groups is 1. The number of hydrogen-bond acceptors (Lipinski definition) is 7. The van der Waals surface area contributed by atoms with Crippen LogP contribution in [0.3, 0.4) is 0 Å². The molecular weight excluding hydrogens is 459 g/mol. The predicted molar refractivity (Wildman–Crippen MR) is 141 cm³/mol. The van der Waals surface area contributed by atoms with E-state index >= 15 is 0 Å². The lowest BCUT2D eigenvalue weighted by Gasteiger charge is -2.29. The topological polar surface area (TPSA) is 123 Å². The van der Waals surface area contributed by atoms with Crippen LogP contribution in [-0.2, 0) is 16.1 Å². The molecule has 10 heteroatoms. The molecule has 2 atom stereocenters. The van der Waals surface area contributed by atoms with Gasteiger partial charge in [-0.3, -0.25) is 9.59 Å². The standard InChI is InChI=1S/C26H35BN4O5/c1-18(2)13-23(27(34)35)29-25(33)26(15-19-9-6-5-7-10-19)16-21(30-36-26)17-28-24(32)20-11-8-12-22(14-20)31(3)4/h5-12,14,18,23,34-35H,13,15-17H2,1-4H3,(H,28,32)(H,29,33)/t23-,26?/m0/s1. The van der Waals surface area contributed by atoms with E-state index in [-0.39, 0.29) is 31.2 Å². The van der Waals surface area contributed by atoms with E-state index in [9.17, 15) is 19.6 Å². The Bertz CT molecular complexity index is 1080. The van der Waals surface area contributed by atoms with Gasteiger partial charge in [-0.05, 0) is 36.1 Å². The second kappa shape index (κ2) is 12.1. The molecule has 0 radical (unpaired) electrons. The third kappa shape index (κ3) is 7.08. The summed E-state index contributed by atoms with van der Waals surface area (Å²) in [4.78, 5) is 33.8. The smallest absolute Gasteiger partial charge is 0.426 e. The highest BCUT2D eigenvalue weighted by molar-refractivity contribution is 6.43. The maximum Gasteiger partial charge on any atom is 0.475 e. The Morgan fingerprint density at radius 1 is 1.14 bits per heavy atom. The van der Waals surface area contributed by atoms with E-state index in [0.717, 1.165) is 11.3 Å². The molecule has 0 aliphatic carbocycles. The minimum absolute atomic E-state index is 0.118. The number of carbonyl (C=O) groups excluding carboxylic acids is 2. The van der Waals surface area contributed by atoms with Crippen LogP contribution in [0.25, 0.3) is 0 Å². The first kappa shape index (κ1) is 27.2. The molecule has 1 aliphatic rings. The van der Waals surface area contributed by atoms with Crippen LogP contribution in [0.2, 0.25) is 0 Å². The van der Waals surface area contributed by atoms with Crippen molar-refractivity contribution in [2.45, 2.75) is 44.7 Å². The minimum atomic E-state index is -1.70. The Balaban J connectivity index is 1.72. The number of benzene rings is 2. The average Bonchev–Trinajstić information content (AvgIpc) is 3.26. The molecule has 1 aliphatic heterocycles.